The zero-order valence-corrected chi connectivity index (χ0v) is 18.5. The van der Waals surface area contributed by atoms with Crippen molar-refractivity contribution in [1.82, 2.24) is 9.80 Å². The molecule has 2 heterocycles. The first-order chi connectivity index (χ1) is 15.1. The van der Waals surface area contributed by atoms with E-state index in [2.05, 4.69) is 0 Å². The summed E-state index contributed by atoms with van der Waals surface area (Å²) in [6.45, 7) is 3.62. The van der Waals surface area contributed by atoms with Crippen LogP contribution in [0, 0.1) is 5.92 Å². The molecular weight excluding hydrogens is 412 g/mol. The predicted molar refractivity (Wildman–Crippen MR) is 122 cm³/mol. The van der Waals surface area contributed by atoms with Crippen LogP contribution in [-0.2, 0) is 0 Å². The van der Waals surface area contributed by atoms with Gasteiger partial charge in [-0.25, -0.2) is 0 Å². The van der Waals surface area contributed by atoms with Crippen LogP contribution < -0.4 is 4.74 Å². The summed E-state index contributed by atoms with van der Waals surface area (Å²) in [5.74, 6) is 1.07. The minimum absolute atomic E-state index is 0.0151. The van der Waals surface area contributed by atoms with E-state index in [4.69, 9.17) is 16.3 Å². The first-order valence-corrected chi connectivity index (χ1v) is 11.5. The Morgan fingerprint density at radius 3 is 2.32 bits per heavy atom. The van der Waals surface area contributed by atoms with Gasteiger partial charge in [0.05, 0.1) is 6.61 Å². The standard InChI is InChI=1S/C25H29ClN2O3/c26-22-10-4-8-20(15-22)25(30)28-14-6-7-19(17-28)18-31-23-11-5-9-21(16-23)24(29)27-12-2-1-3-13-27/h4-5,8-11,15-16,19H,1-3,6-7,12-14,17-18H2. The number of rotatable bonds is 5. The molecule has 164 valence electrons. The van der Waals surface area contributed by atoms with Crippen LogP contribution in [0.5, 0.6) is 5.75 Å². The van der Waals surface area contributed by atoms with Gasteiger partial charge in [-0.05, 0) is 68.5 Å². The Bertz CT molecular complexity index is 926. The topological polar surface area (TPSA) is 49.9 Å². The van der Waals surface area contributed by atoms with Crippen molar-refractivity contribution >= 4 is 23.4 Å². The highest BCUT2D eigenvalue weighted by Gasteiger charge is 2.25. The van der Waals surface area contributed by atoms with Crippen LogP contribution >= 0.6 is 11.6 Å². The van der Waals surface area contributed by atoms with Crippen molar-refractivity contribution in [1.29, 1.82) is 0 Å². The molecule has 2 aliphatic heterocycles. The van der Waals surface area contributed by atoms with Gasteiger partial charge in [0.1, 0.15) is 5.75 Å². The van der Waals surface area contributed by atoms with Crippen LogP contribution in [0.4, 0.5) is 0 Å². The van der Waals surface area contributed by atoms with E-state index in [1.165, 1.54) is 6.42 Å². The summed E-state index contributed by atoms with van der Waals surface area (Å²) in [6, 6.07) is 14.6. The van der Waals surface area contributed by atoms with Crippen molar-refractivity contribution in [2.24, 2.45) is 5.92 Å². The lowest BCUT2D eigenvalue weighted by molar-refractivity contribution is 0.0631. The minimum Gasteiger partial charge on any atom is -0.493 e. The molecule has 5 nitrogen and oxygen atoms in total. The van der Waals surface area contributed by atoms with Crippen molar-refractivity contribution in [3.05, 3.63) is 64.7 Å². The van der Waals surface area contributed by atoms with Gasteiger partial charge in [0.2, 0.25) is 0 Å². The van der Waals surface area contributed by atoms with Crippen molar-refractivity contribution in [3.8, 4) is 5.75 Å². The quantitative estimate of drug-likeness (QED) is 0.664. The first kappa shape index (κ1) is 21.7. The molecule has 2 fully saturated rings. The number of carbonyl (C=O) groups excluding carboxylic acids is 2. The van der Waals surface area contributed by atoms with Gasteiger partial charge in [-0.2, -0.15) is 0 Å². The van der Waals surface area contributed by atoms with Gasteiger partial charge in [-0.15, -0.1) is 0 Å². The second-order valence-electron chi connectivity index (χ2n) is 8.46. The van der Waals surface area contributed by atoms with Gasteiger partial charge in [0.25, 0.3) is 11.8 Å². The third kappa shape index (κ3) is 5.59. The second-order valence-corrected chi connectivity index (χ2v) is 8.90. The van der Waals surface area contributed by atoms with Crippen molar-refractivity contribution in [3.63, 3.8) is 0 Å². The number of benzene rings is 2. The maximum Gasteiger partial charge on any atom is 0.253 e. The van der Waals surface area contributed by atoms with Crippen LogP contribution in [0.1, 0.15) is 52.8 Å². The number of hydrogen-bond donors (Lipinski definition) is 0. The number of likely N-dealkylation sites (tertiary alicyclic amines) is 2. The summed E-state index contributed by atoms with van der Waals surface area (Å²) >= 11 is 6.04. The van der Waals surface area contributed by atoms with E-state index in [0.29, 0.717) is 35.1 Å². The molecule has 1 atom stereocenters. The first-order valence-electron chi connectivity index (χ1n) is 11.2. The zero-order chi connectivity index (χ0) is 21.6. The van der Waals surface area contributed by atoms with Crippen LogP contribution in [0.2, 0.25) is 5.02 Å². The van der Waals surface area contributed by atoms with Crippen molar-refractivity contribution in [2.75, 3.05) is 32.8 Å². The molecule has 2 saturated heterocycles. The summed E-state index contributed by atoms with van der Waals surface area (Å²) in [6.07, 6.45) is 5.33. The van der Waals surface area contributed by atoms with Crippen molar-refractivity contribution in [2.45, 2.75) is 32.1 Å². The molecule has 0 saturated carbocycles. The van der Waals surface area contributed by atoms with E-state index in [1.807, 2.05) is 34.1 Å². The predicted octanol–water partition coefficient (Wildman–Crippen LogP) is 4.90. The summed E-state index contributed by atoms with van der Waals surface area (Å²) < 4.78 is 6.05. The highest BCUT2D eigenvalue weighted by atomic mass is 35.5. The molecule has 4 rings (SSSR count). The molecule has 0 bridgehead atoms. The average molecular weight is 441 g/mol. The Morgan fingerprint density at radius 1 is 0.871 bits per heavy atom. The molecule has 31 heavy (non-hydrogen) atoms. The van der Waals surface area contributed by atoms with Crippen LogP contribution in [0.15, 0.2) is 48.5 Å². The third-order valence-electron chi connectivity index (χ3n) is 6.09. The number of piperidine rings is 2. The molecule has 2 aromatic carbocycles. The number of ether oxygens (including phenoxy) is 1. The lowest BCUT2D eigenvalue weighted by atomic mass is 9.98. The Kier molecular flexibility index (Phi) is 7.13. The maximum absolute atomic E-state index is 12.8. The zero-order valence-electron chi connectivity index (χ0n) is 17.8. The lowest BCUT2D eigenvalue weighted by Gasteiger charge is -2.32. The Balaban J connectivity index is 1.33. The molecule has 0 spiro atoms. The highest BCUT2D eigenvalue weighted by Crippen LogP contribution is 2.23. The third-order valence-corrected chi connectivity index (χ3v) is 6.32. The molecule has 0 aliphatic carbocycles. The fraction of sp³-hybridized carbons (Fsp3) is 0.440. The molecular formula is C25H29ClN2O3. The molecule has 0 radical (unpaired) electrons. The van der Waals surface area contributed by atoms with E-state index in [-0.39, 0.29) is 17.7 Å². The summed E-state index contributed by atoms with van der Waals surface area (Å²) in [4.78, 5) is 29.4. The molecule has 0 aromatic heterocycles. The smallest absolute Gasteiger partial charge is 0.253 e. The number of halogens is 1. The lowest BCUT2D eigenvalue weighted by Crippen LogP contribution is -2.41. The molecule has 2 aliphatic rings. The summed E-state index contributed by atoms with van der Waals surface area (Å²) in [7, 11) is 0. The second kappa shape index (κ2) is 10.2. The number of amides is 2. The SMILES string of the molecule is O=C(c1cccc(OCC2CCCN(C(=O)c3cccc(Cl)c3)C2)c1)N1CCCCC1. The maximum atomic E-state index is 12.8. The van der Waals surface area contributed by atoms with Gasteiger partial charge >= 0.3 is 0 Å². The van der Waals surface area contributed by atoms with Crippen LogP contribution in [0.3, 0.4) is 0 Å². The van der Waals surface area contributed by atoms with Gasteiger partial charge in [0.15, 0.2) is 0 Å². The van der Waals surface area contributed by atoms with E-state index in [1.54, 1.807) is 24.3 Å². The fourth-order valence-electron chi connectivity index (χ4n) is 4.40. The Morgan fingerprint density at radius 2 is 1.55 bits per heavy atom. The molecule has 2 aromatic rings. The van der Waals surface area contributed by atoms with E-state index >= 15 is 0 Å². The molecule has 2 amide bonds. The minimum atomic E-state index is 0.0151. The molecule has 1 unspecified atom stereocenters. The normalized spacial score (nSPS) is 19.2. The van der Waals surface area contributed by atoms with Gasteiger partial charge in [0, 0.05) is 48.2 Å². The fourth-order valence-corrected chi connectivity index (χ4v) is 4.59. The van der Waals surface area contributed by atoms with Gasteiger partial charge < -0.3 is 14.5 Å². The number of hydrogen-bond acceptors (Lipinski definition) is 3. The van der Waals surface area contributed by atoms with E-state index < -0.39 is 0 Å². The van der Waals surface area contributed by atoms with Crippen LogP contribution in [0.25, 0.3) is 0 Å². The monoisotopic (exact) mass is 440 g/mol. The number of carbonyl (C=O) groups is 2. The average Bonchev–Trinajstić information content (AvgIpc) is 2.83. The summed E-state index contributed by atoms with van der Waals surface area (Å²) in [5, 5.41) is 0.571. The Labute approximate surface area is 188 Å². The van der Waals surface area contributed by atoms with E-state index in [9.17, 15) is 9.59 Å². The molecule has 0 N–H and O–H groups in total. The van der Waals surface area contributed by atoms with Gasteiger partial charge in [-0.1, -0.05) is 23.7 Å². The highest BCUT2D eigenvalue weighted by molar-refractivity contribution is 6.30. The molecule has 6 heteroatoms. The van der Waals surface area contributed by atoms with Crippen LogP contribution in [-0.4, -0.2) is 54.4 Å². The van der Waals surface area contributed by atoms with Crippen molar-refractivity contribution < 1.29 is 14.3 Å². The summed E-state index contributed by atoms with van der Waals surface area (Å²) in [5.41, 5.74) is 1.30. The van der Waals surface area contributed by atoms with Gasteiger partial charge in [-0.3, -0.25) is 9.59 Å². The largest absolute Gasteiger partial charge is 0.493 e. The van der Waals surface area contributed by atoms with E-state index in [0.717, 1.165) is 45.3 Å². The Hall–Kier alpha value is -2.53. The number of nitrogens with zero attached hydrogens (tertiary/aromatic N) is 2.